The topological polar surface area (TPSA) is 69.4 Å². The average molecular weight is 263 g/mol. The van der Waals surface area contributed by atoms with Gasteiger partial charge in [0.25, 0.3) is 0 Å². The molecular formula is C14H21N3O2. The molecule has 5 nitrogen and oxygen atoms in total. The van der Waals surface area contributed by atoms with Crippen molar-refractivity contribution in [1.82, 2.24) is 4.98 Å². The highest BCUT2D eigenvalue weighted by Crippen LogP contribution is 2.36. The van der Waals surface area contributed by atoms with Gasteiger partial charge in [-0.1, -0.05) is 0 Å². The Bertz CT molecular complexity index is 464. The SMILES string of the molecule is CC(C)Oc1nc(NC2CC3CCC2O3)ccc1N. The van der Waals surface area contributed by atoms with Gasteiger partial charge in [-0.25, -0.2) is 0 Å². The van der Waals surface area contributed by atoms with E-state index < -0.39 is 0 Å². The zero-order valence-corrected chi connectivity index (χ0v) is 11.4. The summed E-state index contributed by atoms with van der Waals surface area (Å²) in [7, 11) is 0. The summed E-state index contributed by atoms with van der Waals surface area (Å²) < 4.78 is 11.4. The molecule has 2 saturated heterocycles. The van der Waals surface area contributed by atoms with Crippen LogP contribution in [-0.4, -0.2) is 29.3 Å². The van der Waals surface area contributed by atoms with Crippen molar-refractivity contribution in [1.29, 1.82) is 0 Å². The molecule has 0 amide bonds. The van der Waals surface area contributed by atoms with E-state index in [0.29, 0.717) is 29.8 Å². The van der Waals surface area contributed by atoms with Gasteiger partial charge in [0.2, 0.25) is 5.88 Å². The molecular weight excluding hydrogens is 242 g/mol. The molecule has 5 heteroatoms. The van der Waals surface area contributed by atoms with E-state index in [4.69, 9.17) is 15.2 Å². The third-order valence-corrected chi connectivity index (χ3v) is 3.68. The molecule has 104 valence electrons. The number of nitrogens with zero attached hydrogens (tertiary/aromatic N) is 1. The molecule has 0 saturated carbocycles. The minimum atomic E-state index is 0.0656. The molecule has 3 rings (SSSR count). The quantitative estimate of drug-likeness (QED) is 0.871. The number of nitrogens with one attached hydrogen (secondary N) is 1. The van der Waals surface area contributed by atoms with Crippen LogP contribution in [0.4, 0.5) is 11.5 Å². The maximum Gasteiger partial charge on any atom is 0.239 e. The molecule has 1 aromatic rings. The largest absolute Gasteiger partial charge is 0.473 e. The standard InChI is InChI=1S/C14H21N3O2/c1-8(2)18-14-10(15)4-6-13(17-14)16-11-7-9-3-5-12(11)19-9/h4,6,8-9,11-12H,3,5,7,15H2,1-2H3,(H,16,17). The summed E-state index contributed by atoms with van der Waals surface area (Å²) in [6.07, 6.45) is 4.24. The lowest BCUT2D eigenvalue weighted by atomic mass is 9.95. The first-order valence-corrected chi connectivity index (χ1v) is 6.97. The summed E-state index contributed by atoms with van der Waals surface area (Å²) >= 11 is 0. The summed E-state index contributed by atoms with van der Waals surface area (Å²) in [5.41, 5.74) is 6.44. The molecule has 3 unspecified atom stereocenters. The minimum Gasteiger partial charge on any atom is -0.473 e. The molecule has 3 atom stereocenters. The number of pyridine rings is 1. The lowest BCUT2D eigenvalue weighted by Gasteiger charge is -2.21. The summed E-state index contributed by atoms with van der Waals surface area (Å²) in [5.74, 6) is 1.31. The van der Waals surface area contributed by atoms with E-state index in [1.54, 1.807) is 0 Å². The summed E-state index contributed by atoms with van der Waals surface area (Å²) in [6.45, 7) is 3.93. The number of nitrogens with two attached hydrogens (primary N) is 1. The Morgan fingerprint density at radius 3 is 2.89 bits per heavy atom. The van der Waals surface area contributed by atoms with Crippen LogP contribution < -0.4 is 15.8 Å². The number of anilines is 2. The molecule has 3 heterocycles. The smallest absolute Gasteiger partial charge is 0.239 e. The number of aromatic nitrogens is 1. The molecule has 2 aliphatic rings. The van der Waals surface area contributed by atoms with Gasteiger partial charge in [-0.15, -0.1) is 0 Å². The van der Waals surface area contributed by atoms with Crippen molar-refractivity contribution in [3.8, 4) is 5.88 Å². The van der Waals surface area contributed by atoms with Crippen LogP contribution in [0.3, 0.4) is 0 Å². The second kappa shape index (κ2) is 4.89. The number of nitrogen functional groups attached to an aromatic ring is 1. The van der Waals surface area contributed by atoms with E-state index in [1.165, 1.54) is 6.42 Å². The van der Waals surface area contributed by atoms with Crippen molar-refractivity contribution in [2.45, 2.75) is 57.5 Å². The summed E-state index contributed by atoms with van der Waals surface area (Å²) in [6, 6.07) is 4.09. The van der Waals surface area contributed by atoms with Crippen LogP contribution in [-0.2, 0) is 4.74 Å². The number of fused-ring (bicyclic) bond motifs is 2. The molecule has 2 fully saturated rings. The number of ether oxygens (including phenoxy) is 2. The lowest BCUT2D eigenvalue weighted by Crippen LogP contribution is -2.30. The maximum atomic E-state index is 5.87. The van der Waals surface area contributed by atoms with Gasteiger partial charge in [0.15, 0.2) is 0 Å². The van der Waals surface area contributed by atoms with Crippen molar-refractivity contribution in [2.75, 3.05) is 11.1 Å². The van der Waals surface area contributed by atoms with Gasteiger partial charge in [-0.3, -0.25) is 0 Å². The van der Waals surface area contributed by atoms with Gasteiger partial charge < -0.3 is 20.5 Å². The van der Waals surface area contributed by atoms with Crippen LogP contribution in [0, 0.1) is 0 Å². The molecule has 3 N–H and O–H groups in total. The summed E-state index contributed by atoms with van der Waals surface area (Å²) in [5, 5.41) is 3.44. The summed E-state index contributed by atoms with van der Waals surface area (Å²) in [4.78, 5) is 4.45. The molecule has 0 aromatic carbocycles. The van der Waals surface area contributed by atoms with Gasteiger partial charge in [-0.2, -0.15) is 4.98 Å². The van der Waals surface area contributed by atoms with Crippen LogP contribution in [0.5, 0.6) is 5.88 Å². The molecule has 2 aliphatic heterocycles. The molecule has 1 aromatic heterocycles. The average Bonchev–Trinajstić information content (AvgIpc) is 2.95. The number of hydrogen-bond donors (Lipinski definition) is 2. The first-order chi connectivity index (χ1) is 9.11. The molecule has 2 bridgehead atoms. The highest BCUT2D eigenvalue weighted by molar-refractivity contribution is 5.54. The van der Waals surface area contributed by atoms with E-state index in [-0.39, 0.29) is 6.10 Å². The molecule has 0 radical (unpaired) electrons. The van der Waals surface area contributed by atoms with E-state index >= 15 is 0 Å². The Kier molecular flexibility index (Phi) is 3.22. The van der Waals surface area contributed by atoms with Crippen molar-refractivity contribution in [2.24, 2.45) is 0 Å². The zero-order valence-electron chi connectivity index (χ0n) is 11.4. The Hall–Kier alpha value is -1.49. The minimum absolute atomic E-state index is 0.0656. The molecule has 0 spiro atoms. The van der Waals surface area contributed by atoms with E-state index in [0.717, 1.165) is 18.7 Å². The fourth-order valence-electron chi connectivity index (χ4n) is 2.83. The fourth-order valence-corrected chi connectivity index (χ4v) is 2.83. The first kappa shape index (κ1) is 12.5. The van der Waals surface area contributed by atoms with Crippen LogP contribution in [0.15, 0.2) is 12.1 Å². The first-order valence-electron chi connectivity index (χ1n) is 6.97. The predicted octanol–water partition coefficient (Wildman–Crippen LogP) is 2.18. The highest BCUT2D eigenvalue weighted by Gasteiger charge is 2.40. The maximum absolute atomic E-state index is 5.87. The molecule has 19 heavy (non-hydrogen) atoms. The zero-order chi connectivity index (χ0) is 13.4. The second-order valence-electron chi connectivity index (χ2n) is 5.62. The van der Waals surface area contributed by atoms with Gasteiger partial charge >= 0.3 is 0 Å². The normalized spacial score (nSPS) is 28.9. The van der Waals surface area contributed by atoms with Gasteiger partial charge in [0.05, 0.1) is 30.0 Å². The van der Waals surface area contributed by atoms with Gasteiger partial charge in [0.1, 0.15) is 5.82 Å². The Balaban J connectivity index is 1.71. The van der Waals surface area contributed by atoms with E-state index in [9.17, 15) is 0 Å². The predicted molar refractivity (Wildman–Crippen MR) is 74.3 cm³/mol. The molecule has 0 aliphatic carbocycles. The van der Waals surface area contributed by atoms with Crippen LogP contribution >= 0.6 is 0 Å². The third-order valence-electron chi connectivity index (χ3n) is 3.68. The van der Waals surface area contributed by atoms with Gasteiger partial charge in [0, 0.05) is 0 Å². The lowest BCUT2D eigenvalue weighted by molar-refractivity contribution is 0.102. The van der Waals surface area contributed by atoms with Crippen LogP contribution in [0.2, 0.25) is 0 Å². The van der Waals surface area contributed by atoms with Gasteiger partial charge in [-0.05, 0) is 45.2 Å². The van der Waals surface area contributed by atoms with Crippen molar-refractivity contribution >= 4 is 11.5 Å². The monoisotopic (exact) mass is 263 g/mol. The van der Waals surface area contributed by atoms with E-state index in [1.807, 2.05) is 26.0 Å². The van der Waals surface area contributed by atoms with Crippen molar-refractivity contribution in [3.05, 3.63) is 12.1 Å². The second-order valence-corrected chi connectivity index (χ2v) is 5.62. The third kappa shape index (κ3) is 2.61. The van der Waals surface area contributed by atoms with Crippen LogP contribution in [0.1, 0.15) is 33.1 Å². The van der Waals surface area contributed by atoms with Crippen molar-refractivity contribution in [3.63, 3.8) is 0 Å². The van der Waals surface area contributed by atoms with Crippen molar-refractivity contribution < 1.29 is 9.47 Å². The van der Waals surface area contributed by atoms with Crippen LogP contribution in [0.25, 0.3) is 0 Å². The Morgan fingerprint density at radius 1 is 1.42 bits per heavy atom. The Labute approximate surface area is 113 Å². The Morgan fingerprint density at radius 2 is 2.26 bits per heavy atom. The number of hydrogen-bond acceptors (Lipinski definition) is 5. The fraction of sp³-hybridized carbons (Fsp3) is 0.643. The highest BCUT2D eigenvalue weighted by atomic mass is 16.5. The number of rotatable bonds is 4. The van der Waals surface area contributed by atoms with E-state index in [2.05, 4.69) is 10.3 Å².